The van der Waals surface area contributed by atoms with Crippen molar-refractivity contribution in [1.29, 1.82) is 0 Å². The van der Waals surface area contributed by atoms with Crippen LogP contribution in [0.4, 0.5) is 0 Å². The van der Waals surface area contributed by atoms with Gasteiger partial charge in [0, 0.05) is 6.07 Å². The first kappa shape index (κ1) is 6.05. The molecule has 1 aromatic heterocycles. The van der Waals surface area contributed by atoms with Crippen molar-refractivity contribution in [2.24, 2.45) is 0 Å². The number of pyridine rings is 1. The third kappa shape index (κ3) is 1.46. The molecule has 0 aliphatic carbocycles. The molecule has 0 N–H and O–H groups in total. The molecular weight excluding hydrogens is 189 g/mol. The first-order chi connectivity index (χ1) is 3.79. The highest BCUT2D eigenvalue weighted by Crippen LogP contribution is 2.08. The summed E-state index contributed by atoms with van der Waals surface area (Å²) in [5.41, 5.74) is 0. The molecule has 0 saturated heterocycles. The van der Waals surface area contributed by atoms with E-state index in [2.05, 4.69) is 27.0 Å². The van der Waals surface area contributed by atoms with Gasteiger partial charge in [0.25, 0.3) is 0 Å². The van der Waals surface area contributed by atoms with Crippen LogP contribution in [-0.2, 0) is 0 Å². The first-order valence-electron chi connectivity index (χ1n) is 1.99. The normalized spacial score (nSPS) is 9.25. The zero-order valence-electron chi connectivity index (χ0n) is 3.86. The lowest BCUT2D eigenvalue weighted by molar-refractivity contribution is 1.27. The largest absolute Gasteiger partial charge is 0.229 e. The molecule has 0 saturated carbocycles. The predicted octanol–water partition coefficient (Wildman–Crippen LogP) is 2.30. The van der Waals surface area contributed by atoms with Gasteiger partial charge in [0.15, 0.2) is 0 Å². The smallest absolute Gasteiger partial charge is 0.130 e. The second kappa shape index (κ2) is 2.46. The van der Waals surface area contributed by atoms with Crippen LogP contribution in [0.3, 0.4) is 0 Å². The van der Waals surface area contributed by atoms with Crippen LogP contribution in [0.15, 0.2) is 16.7 Å². The van der Waals surface area contributed by atoms with Crippen molar-refractivity contribution in [2.75, 3.05) is 0 Å². The van der Waals surface area contributed by atoms with Gasteiger partial charge in [0.2, 0.25) is 0 Å². The van der Waals surface area contributed by atoms with Gasteiger partial charge in [0.1, 0.15) is 9.76 Å². The van der Waals surface area contributed by atoms with Gasteiger partial charge in [-0.25, -0.2) is 4.98 Å². The van der Waals surface area contributed by atoms with Crippen LogP contribution in [0.25, 0.3) is 0 Å². The van der Waals surface area contributed by atoms with Gasteiger partial charge in [-0.1, -0.05) is 11.6 Å². The van der Waals surface area contributed by atoms with Crippen LogP contribution in [0.1, 0.15) is 0 Å². The average molecular weight is 191 g/mol. The second-order valence-electron chi connectivity index (χ2n) is 1.20. The number of nitrogens with zero attached hydrogens (tertiary/aromatic N) is 1. The Morgan fingerprint density at radius 3 is 2.88 bits per heavy atom. The Labute approximate surface area is 60.8 Å². The van der Waals surface area contributed by atoms with Crippen molar-refractivity contribution in [1.82, 2.24) is 4.98 Å². The topological polar surface area (TPSA) is 12.9 Å². The molecule has 0 aliphatic rings. The minimum Gasteiger partial charge on any atom is -0.229 e. The zero-order chi connectivity index (χ0) is 5.98. The highest BCUT2D eigenvalue weighted by molar-refractivity contribution is 9.10. The van der Waals surface area contributed by atoms with Crippen LogP contribution in [-0.4, -0.2) is 4.98 Å². The summed E-state index contributed by atoms with van der Waals surface area (Å²) in [5.74, 6) is 0. The highest BCUT2D eigenvalue weighted by atomic mass is 79.9. The fourth-order valence-electron chi connectivity index (χ4n) is 0.343. The molecule has 1 heterocycles. The van der Waals surface area contributed by atoms with Crippen LogP contribution in [0.2, 0.25) is 5.15 Å². The van der Waals surface area contributed by atoms with E-state index in [1.165, 1.54) is 0 Å². The maximum atomic E-state index is 5.48. The molecule has 0 atom stereocenters. The van der Waals surface area contributed by atoms with Gasteiger partial charge in [0.05, 0.1) is 0 Å². The average Bonchev–Trinajstić information content (AvgIpc) is 1.64. The zero-order valence-corrected chi connectivity index (χ0v) is 6.20. The minimum absolute atomic E-state index is 0.482. The molecule has 1 radical (unpaired) electrons. The van der Waals surface area contributed by atoms with Crippen molar-refractivity contribution in [3.05, 3.63) is 28.0 Å². The van der Waals surface area contributed by atoms with Crippen LogP contribution in [0.5, 0.6) is 0 Å². The predicted molar refractivity (Wildman–Crippen MR) is 35.8 cm³/mol. The SMILES string of the molecule is Clc1cc[c]c(Br)n1. The molecule has 0 aliphatic heterocycles. The minimum atomic E-state index is 0.482. The first-order valence-corrected chi connectivity index (χ1v) is 3.16. The van der Waals surface area contributed by atoms with Gasteiger partial charge in [-0.05, 0) is 28.1 Å². The Kier molecular flexibility index (Phi) is 1.86. The molecule has 0 amide bonds. The van der Waals surface area contributed by atoms with Gasteiger partial charge >= 0.3 is 0 Å². The Bertz CT molecular complexity index is 172. The van der Waals surface area contributed by atoms with Crippen LogP contribution < -0.4 is 0 Å². The van der Waals surface area contributed by atoms with Crippen molar-refractivity contribution in [3.8, 4) is 0 Å². The fraction of sp³-hybridized carbons (Fsp3) is 0. The number of rotatable bonds is 0. The number of halogens is 2. The summed E-state index contributed by atoms with van der Waals surface area (Å²) in [6.07, 6.45) is 0. The van der Waals surface area contributed by atoms with Crippen molar-refractivity contribution >= 4 is 27.5 Å². The van der Waals surface area contributed by atoms with E-state index in [-0.39, 0.29) is 0 Å². The third-order valence-electron chi connectivity index (χ3n) is 0.628. The number of hydrogen-bond acceptors (Lipinski definition) is 1. The van der Waals surface area contributed by atoms with E-state index in [1.54, 1.807) is 12.1 Å². The molecule has 0 spiro atoms. The third-order valence-corrected chi connectivity index (χ3v) is 1.25. The lowest BCUT2D eigenvalue weighted by atomic mass is 10.5. The molecular formula is C5H2BrClN. The summed E-state index contributed by atoms with van der Waals surface area (Å²) in [4.78, 5) is 3.80. The molecule has 0 unspecified atom stereocenters. The van der Waals surface area contributed by atoms with Crippen molar-refractivity contribution in [3.63, 3.8) is 0 Å². The fourth-order valence-corrected chi connectivity index (χ4v) is 0.915. The van der Waals surface area contributed by atoms with E-state index in [0.29, 0.717) is 9.76 Å². The van der Waals surface area contributed by atoms with Gasteiger partial charge in [-0.15, -0.1) is 0 Å². The summed E-state index contributed by atoms with van der Waals surface area (Å²) in [7, 11) is 0. The lowest BCUT2D eigenvalue weighted by Gasteiger charge is -1.85. The maximum Gasteiger partial charge on any atom is 0.130 e. The van der Waals surface area contributed by atoms with E-state index in [0.717, 1.165) is 0 Å². The standard InChI is InChI=1S/C5H2BrClN/c6-4-2-1-3-5(7)8-4/h1,3H. The molecule has 8 heavy (non-hydrogen) atoms. The lowest BCUT2D eigenvalue weighted by Crippen LogP contribution is -1.72. The van der Waals surface area contributed by atoms with Gasteiger partial charge in [-0.2, -0.15) is 0 Å². The maximum absolute atomic E-state index is 5.48. The molecule has 0 aromatic carbocycles. The highest BCUT2D eigenvalue weighted by Gasteiger charge is 1.86. The Balaban J connectivity index is 3.08. The van der Waals surface area contributed by atoms with Crippen LogP contribution >= 0.6 is 27.5 Å². The Hall–Kier alpha value is -0.0800. The van der Waals surface area contributed by atoms with Crippen molar-refractivity contribution < 1.29 is 0 Å². The summed E-state index contributed by atoms with van der Waals surface area (Å²) < 4.78 is 0.644. The molecule has 1 rings (SSSR count). The van der Waals surface area contributed by atoms with Crippen molar-refractivity contribution in [2.45, 2.75) is 0 Å². The van der Waals surface area contributed by atoms with E-state index >= 15 is 0 Å². The van der Waals surface area contributed by atoms with Crippen LogP contribution in [0, 0.1) is 6.07 Å². The molecule has 41 valence electrons. The van der Waals surface area contributed by atoms with E-state index in [1.807, 2.05) is 0 Å². The summed E-state index contributed by atoms with van der Waals surface area (Å²) in [6, 6.07) is 6.17. The van der Waals surface area contributed by atoms with E-state index in [4.69, 9.17) is 11.6 Å². The summed E-state index contributed by atoms with van der Waals surface area (Å²) in [6.45, 7) is 0. The number of aromatic nitrogens is 1. The summed E-state index contributed by atoms with van der Waals surface area (Å²) in [5, 5.41) is 0.482. The molecule has 1 aromatic rings. The monoisotopic (exact) mass is 190 g/mol. The van der Waals surface area contributed by atoms with E-state index < -0.39 is 0 Å². The van der Waals surface area contributed by atoms with E-state index in [9.17, 15) is 0 Å². The molecule has 1 nitrogen and oxygen atoms in total. The molecule has 0 fully saturated rings. The Morgan fingerprint density at radius 2 is 2.50 bits per heavy atom. The molecule has 3 heteroatoms. The quantitative estimate of drug-likeness (QED) is 0.574. The molecule has 0 bridgehead atoms. The second-order valence-corrected chi connectivity index (χ2v) is 2.34. The van der Waals surface area contributed by atoms with Gasteiger partial charge in [-0.3, -0.25) is 0 Å². The van der Waals surface area contributed by atoms with Gasteiger partial charge < -0.3 is 0 Å². The Morgan fingerprint density at radius 1 is 1.75 bits per heavy atom. The number of hydrogen-bond donors (Lipinski definition) is 0. The summed E-state index contributed by atoms with van der Waals surface area (Å²) >= 11 is 8.59.